The monoisotopic (exact) mass is 401 g/mol. The largest absolute Gasteiger partial charge is 0.383 e. The summed E-state index contributed by atoms with van der Waals surface area (Å²) in [7, 11) is -3.61. The Morgan fingerprint density at radius 1 is 1.23 bits per heavy atom. The van der Waals surface area contributed by atoms with Gasteiger partial charge in [-0.05, 0) is 52.4 Å². The maximum absolute atomic E-state index is 12.3. The van der Waals surface area contributed by atoms with Crippen molar-refractivity contribution in [2.45, 2.75) is 22.7 Å². The minimum atomic E-state index is -3.61. The van der Waals surface area contributed by atoms with Crippen molar-refractivity contribution in [2.75, 3.05) is 6.54 Å². The van der Waals surface area contributed by atoms with Crippen LogP contribution in [0.15, 0.2) is 50.5 Å². The van der Waals surface area contributed by atoms with Gasteiger partial charge in [0.15, 0.2) is 0 Å². The van der Waals surface area contributed by atoms with E-state index in [0.717, 1.165) is 33.5 Å². The van der Waals surface area contributed by atoms with E-state index in [4.69, 9.17) is 0 Å². The molecule has 0 radical (unpaired) electrons. The first-order valence-corrected chi connectivity index (χ1v) is 10.0. The highest BCUT2D eigenvalue weighted by Gasteiger charge is 2.45. The Labute approximate surface area is 142 Å². The first-order valence-electron chi connectivity index (χ1n) is 6.95. The van der Waals surface area contributed by atoms with Crippen molar-refractivity contribution in [3.63, 3.8) is 0 Å². The average Bonchev–Trinajstić information content (AvgIpc) is 3.28. The van der Waals surface area contributed by atoms with Gasteiger partial charge in [-0.1, -0.05) is 30.3 Å². The van der Waals surface area contributed by atoms with Gasteiger partial charge in [0.1, 0.15) is 9.81 Å². The first kappa shape index (κ1) is 16.1. The number of aliphatic hydroxyl groups is 1. The SMILES string of the molecule is O=S(=O)(NCC(O)(c1ccccc1)C1CC1)c1ccc(Br)s1. The maximum Gasteiger partial charge on any atom is 0.250 e. The van der Waals surface area contributed by atoms with E-state index in [9.17, 15) is 13.5 Å². The highest BCUT2D eigenvalue weighted by atomic mass is 79.9. The number of hydrogen-bond acceptors (Lipinski definition) is 4. The van der Waals surface area contributed by atoms with Crippen molar-refractivity contribution < 1.29 is 13.5 Å². The fourth-order valence-corrected chi connectivity index (χ4v) is 5.61. The molecule has 2 N–H and O–H groups in total. The van der Waals surface area contributed by atoms with Gasteiger partial charge < -0.3 is 5.11 Å². The van der Waals surface area contributed by atoms with Gasteiger partial charge in [-0.25, -0.2) is 13.1 Å². The number of hydrogen-bond donors (Lipinski definition) is 2. The summed E-state index contributed by atoms with van der Waals surface area (Å²) in [6.45, 7) is -0.0144. The van der Waals surface area contributed by atoms with E-state index < -0.39 is 15.6 Å². The van der Waals surface area contributed by atoms with Crippen LogP contribution in [0.25, 0.3) is 0 Å². The highest BCUT2D eigenvalue weighted by molar-refractivity contribution is 9.11. The van der Waals surface area contributed by atoms with Gasteiger partial charge in [-0.3, -0.25) is 0 Å². The lowest BCUT2D eigenvalue weighted by Crippen LogP contribution is -2.42. The van der Waals surface area contributed by atoms with E-state index in [1.807, 2.05) is 30.3 Å². The third-order valence-electron chi connectivity index (χ3n) is 3.87. The van der Waals surface area contributed by atoms with E-state index in [1.165, 1.54) is 0 Å². The first-order chi connectivity index (χ1) is 10.4. The predicted octanol–water partition coefficient (Wildman–Crippen LogP) is 3.09. The van der Waals surface area contributed by atoms with E-state index in [0.29, 0.717) is 0 Å². The molecule has 0 spiro atoms. The second-order valence-corrected chi connectivity index (χ2v) is 9.90. The lowest BCUT2D eigenvalue weighted by Gasteiger charge is -2.29. The number of benzene rings is 1. The zero-order valence-electron chi connectivity index (χ0n) is 11.7. The molecule has 1 unspecified atom stereocenters. The smallest absolute Gasteiger partial charge is 0.250 e. The molecule has 1 heterocycles. The van der Waals surface area contributed by atoms with E-state index >= 15 is 0 Å². The van der Waals surface area contributed by atoms with Crippen LogP contribution < -0.4 is 4.72 Å². The molecule has 1 aliphatic rings. The summed E-state index contributed by atoms with van der Waals surface area (Å²) >= 11 is 4.41. The Morgan fingerprint density at radius 3 is 2.45 bits per heavy atom. The molecule has 0 saturated heterocycles. The minimum absolute atomic E-state index is 0.0144. The number of thiophene rings is 1. The number of nitrogens with one attached hydrogen (secondary N) is 1. The average molecular weight is 402 g/mol. The molecule has 1 aromatic carbocycles. The van der Waals surface area contributed by atoms with Gasteiger partial charge in [-0.2, -0.15) is 0 Å². The van der Waals surface area contributed by atoms with Crippen LogP contribution in [-0.2, 0) is 15.6 Å². The topological polar surface area (TPSA) is 66.4 Å². The normalized spacial score (nSPS) is 18.1. The summed E-state index contributed by atoms with van der Waals surface area (Å²) in [5.41, 5.74) is -0.393. The van der Waals surface area contributed by atoms with Crippen LogP contribution >= 0.6 is 27.3 Å². The van der Waals surface area contributed by atoms with Crippen molar-refractivity contribution in [3.05, 3.63) is 51.8 Å². The standard InChI is InChI=1S/C15H16BrNO3S2/c16-13-8-9-14(21-13)22(19,20)17-10-15(18,12-6-7-12)11-4-2-1-3-5-11/h1-5,8-9,12,17-18H,6-7,10H2. The summed E-state index contributed by atoms with van der Waals surface area (Å²) in [5, 5.41) is 11.0. The number of halogens is 1. The molecule has 118 valence electrons. The molecule has 1 saturated carbocycles. The molecule has 4 nitrogen and oxygen atoms in total. The lowest BCUT2D eigenvalue weighted by molar-refractivity contribution is 0.0185. The Kier molecular flexibility index (Phi) is 4.44. The molecule has 0 aliphatic heterocycles. The summed E-state index contributed by atoms with van der Waals surface area (Å²) < 4.78 is 28.2. The van der Waals surface area contributed by atoms with E-state index in [-0.39, 0.29) is 16.7 Å². The van der Waals surface area contributed by atoms with E-state index in [1.54, 1.807) is 12.1 Å². The molecule has 2 aromatic rings. The van der Waals surface area contributed by atoms with Crippen LogP contribution in [0.4, 0.5) is 0 Å². The summed E-state index contributed by atoms with van der Waals surface area (Å²) in [5.74, 6) is 0.104. The van der Waals surface area contributed by atoms with Crippen LogP contribution in [0, 0.1) is 5.92 Å². The molecule has 1 atom stereocenters. The van der Waals surface area contributed by atoms with Crippen LogP contribution in [-0.4, -0.2) is 20.1 Å². The maximum atomic E-state index is 12.3. The highest BCUT2D eigenvalue weighted by Crippen LogP contribution is 2.45. The van der Waals surface area contributed by atoms with Gasteiger partial charge in [0.05, 0.1) is 3.79 Å². The lowest BCUT2D eigenvalue weighted by atomic mass is 9.89. The number of sulfonamides is 1. The van der Waals surface area contributed by atoms with Crippen molar-refractivity contribution in [1.29, 1.82) is 0 Å². The molecule has 0 bridgehead atoms. The third-order valence-corrected chi connectivity index (χ3v) is 7.39. The Bertz CT molecular complexity index is 756. The van der Waals surface area contributed by atoms with Gasteiger partial charge in [0, 0.05) is 6.54 Å². The molecular formula is C15H16BrNO3S2. The molecule has 7 heteroatoms. The van der Waals surface area contributed by atoms with Crippen LogP contribution in [0.5, 0.6) is 0 Å². The Hall–Kier alpha value is -0.730. The molecule has 1 aliphatic carbocycles. The summed E-state index contributed by atoms with van der Waals surface area (Å²) in [6.07, 6.45) is 1.83. The van der Waals surface area contributed by atoms with E-state index in [2.05, 4.69) is 20.7 Å². The van der Waals surface area contributed by atoms with Crippen LogP contribution in [0.3, 0.4) is 0 Å². The Balaban J connectivity index is 1.81. The third kappa shape index (κ3) is 3.28. The Morgan fingerprint density at radius 2 is 1.91 bits per heavy atom. The molecule has 1 aromatic heterocycles. The number of rotatable bonds is 6. The zero-order chi connectivity index (χ0) is 15.8. The second-order valence-electron chi connectivity index (χ2n) is 5.45. The molecular weight excluding hydrogens is 386 g/mol. The summed E-state index contributed by atoms with van der Waals surface area (Å²) in [4.78, 5) is 0. The van der Waals surface area contributed by atoms with Gasteiger partial charge in [0.25, 0.3) is 0 Å². The molecule has 1 fully saturated rings. The molecule has 22 heavy (non-hydrogen) atoms. The van der Waals surface area contributed by atoms with Crippen LogP contribution in [0.1, 0.15) is 18.4 Å². The minimum Gasteiger partial charge on any atom is -0.383 e. The zero-order valence-corrected chi connectivity index (χ0v) is 14.9. The fraction of sp³-hybridized carbons (Fsp3) is 0.333. The molecule has 3 rings (SSSR count). The van der Waals surface area contributed by atoms with Crippen molar-refractivity contribution in [3.8, 4) is 0 Å². The van der Waals surface area contributed by atoms with Crippen LogP contribution in [0.2, 0.25) is 0 Å². The molecule has 0 amide bonds. The second kappa shape index (κ2) is 6.05. The summed E-state index contributed by atoms with van der Waals surface area (Å²) in [6, 6.07) is 12.5. The van der Waals surface area contributed by atoms with Gasteiger partial charge in [0.2, 0.25) is 10.0 Å². The van der Waals surface area contributed by atoms with Crippen molar-refractivity contribution in [1.82, 2.24) is 4.72 Å². The van der Waals surface area contributed by atoms with Gasteiger partial charge >= 0.3 is 0 Å². The fourth-order valence-electron chi connectivity index (χ4n) is 2.49. The predicted molar refractivity (Wildman–Crippen MR) is 90.3 cm³/mol. The quantitative estimate of drug-likeness (QED) is 0.781. The van der Waals surface area contributed by atoms with Crippen molar-refractivity contribution in [2.24, 2.45) is 5.92 Å². The van der Waals surface area contributed by atoms with Crippen molar-refractivity contribution >= 4 is 37.3 Å². The van der Waals surface area contributed by atoms with Gasteiger partial charge in [-0.15, -0.1) is 11.3 Å².